The van der Waals surface area contributed by atoms with E-state index in [1.54, 1.807) is 18.2 Å². The van der Waals surface area contributed by atoms with Gasteiger partial charge >= 0.3 is 6.61 Å². The van der Waals surface area contributed by atoms with Crippen molar-refractivity contribution < 1.29 is 23.4 Å². The highest BCUT2D eigenvalue weighted by atomic mass is 19.3. The molecular formula is C18H19F2NO3. The minimum atomic E-state index is -2.93. The molecule has 2 aromatic carbocycles. The van der Waals surface area contributed by atoms with Crippen LogP contribution in [0.2, 0.25) is 0 Å². The zero-order valence-corrected chi connectivity index (χ0v) is 13.2. The number of rotatable bonds is 6. The van der Waals surface area contributed by atoms with Crippen molar-refractivity contribution in [2.24, 2.45) is 0 Å². The molecule has 2 atom stereocenters. The second kappa shape index (κ2) is 7.15. The molecular weight excluding hydrogens is 316 g/mol. The molecule has 0 unspecified atom stereocenters. The fourth-order valence-electron chi connectivity index (χ4n) is 3.12. The molecule has 0 radical (unpaired) electrons. The van der Waals surface area contributed by atoms with Gasteiger partial charge in [0.2, 0.25) is 0 Å². The number of aliphatic hydroxyl groups is 1. The summed E-state index contributed by atoms with van der Waals surface area (Å²) in [6, 6.07) is 12.5. The quantitative estimate of drug-likeness (QED) is 0.852. The van der Waals surface area contributed by atoms with Crippen LogP contribution < -0.4 is 14.8 Å². The van der Waals surface area contributed by atoms with Crippen molar-refractivity contribution >= 4 is 0 Å². The lowest BCUT2D eigenvalue weighted by atomic mass is 10.1. The molecule has 0 fully saturated rings. The molecule has 1 aliphatic rings. The molecule has 0 amide bonds. The van der Waals surface area contributed by atoms with Crippen LogP contribution in [0.25, 0.3) is 0 Å². The Morgan fingerprint density at radius 1 is 1.21 bits per heavy atom. The van der Waals surface area contributed by atoms with Crippen LogP contribution in [-0.4, -0.2) is 24.9 Å². The maximum absolute atomic E-state index is 12.7. The molecule has 0 saturated heterocycles. The molecule has 0 bridgehead atoms. The Bertz CT molecular complexity index is 708. The smallest absolute Gasteiger partial charge is 0.387 e. The number of hydrogen-bond acceptors (Lipinski definition) is 4. The molecule has 0 aliphatic heterocycles. The number of aliphatic hydroxyl groups excluding tert-OH is 1. The van der Waals surface area contributed by atoms with Gasteiger partial charge in [-0.3, -0.25) is 0 Å². The predicted octanol–water partition coefficient (Wildman–Crippen LogP) is 3.04. The number of halogens is 2. The molecule has 4 nitrogen and oxygen atoms in total. The molecule has 0 saturated carbocycles. The van der Waals surface area contributed by atoms with Crippen molar-refractivity contribution in [3.05, 3.63) is 59.2 Å². The number of alkyl halides is 2. The van der Waals surface area contributed by atoms with Gasteiger partial charge in [0.05, 0.1) is 19.3 Å². The molecule has 24 heavy (non-hydrogen) atoms. The van der Waals surface area contributed by atoms with E-state index in [0.717, 1.165) is 11.1 Å². The molecule has 3 rings (SSSR count). The molecule has 2 aromatic rings. The first-order chi connectivity index (χ1) is 11.6. The van der Waals surface area contributed by atoms with Crippen LogP contribution in [0.4, 0.5) is 8.78 Å². The molecule has 1 aliphatic carbocycles. The maximum Gasteiger partial charge on any atom is 0.387 e. The number of fused-ring (bicyclic) bond motifs is 1. The Morgan fingerprint density at radius 3 is 2.75 bits per heavy atom. The van der Waals surface area contributed by atoms with E-state index in [1.807, 2.05) is 24.3 Å². The third-order valence-corrected chi connectivity index (χ3v) is 4.20. The van der Waals surface area contributed by atoms with Gasteiger partial charge in [-0.05, 0) is 17.2 Å². The van der Waals surface area contributed by atoms with Crippen LogP contribution in [0.3, 0.4) is 0 Å². The van der Waals surface area contributed by atoms with Crippen molar-refractivity contribution in [1.29, 1.82) is 0 Å². The van der Waals surface area contributed by atoms with Crippen LogP contribution in [0.15, 0.2) is 42.5 Å². The number of hydrogen-bond donors (Lipinski definition) is 2. The van der Waals surface area contributed by atoms with Crippen LogP contribution in [-0.2, 0) is 13.0 Å². The van der Waals surface area contributed by atoms with E-state index in [1.165, 1.54) is 7.11 Å². The maximum atomic E-state index is 12.7. The normalized spacial score (nSPS) is 19.4. The van der Waals surface area contributed by atoms with Gasteiger partial charge in [-0.15, -0.1) is 0 Å². The first-order valence-electron chi connectivity index (χ1n) is 7.70. The zero-order valence-electron chi connectivity index (χ0n) is 13.2. The lowest BCUT2D eigenvalue weighted by Crippen LogP contribution is -2.28. The highest BCUT2D eigenvalue weighted by Crippen LogP contribution is 2.35. The van der Waals surface area contributed by atoms with E-state index in [0.29, 0.717) is 12.0 Å². The van der Waals surface area contributed by atoms with Gasteiger partial charge < -0.3 is 19.9 Å². The van der Waals surface area contributed by atoms with Crippen molar-refractivity contribution in [3.8, 4) is 11.5 Å². The van der Waals surface area contributed by atoms with Gasteiger partial charge in [-0.2, -0.15) is 8.78 Å². The average Bonchev–Trinajstić information content (AvgIpc) is 2.88. The fraction of sp³-hybridized carbons (Fsp3) is 0.333. The summed E-state index contributed by atoms with van der Waals surface area (Å²) in [5, 5.41) is 13.5. The first-order valence-corrected chi connectivity index (χ1v) is 7.70. The van der Waals surface area contributed by atoms with Crippen molar-refractivity contribution in [2.75, 3.05) is 7.11 Å². The standard InChI is InChI=1S/C18H19F2NO3/c1-23-15-8-4-6-12(17(15)24-18(19)20)10-21-16-13-7-3-2-5-11(13)9-14(16)22/h2-8,14,16,18,21-22H,9-10H2,1H3/t14-,16+/m0/s1. The van der Waals surface area contributed by atoms with Gasteiger partial charge in [0.1, 0.15) is 0 Å². The third kappa shape index (κ3) is 3.34. The highest BCUT2D eigenvalue weighted by molar-refractivity contribution is 5.47. The lowest BCUT2D eigenvalue weighted by Gasteiger charge is -2.20. The van der Waals surface area contributed by atoms with Gasteiger partial charge in [0.25, 0.3) is 0 Å². The summed E-state index contributed by atoms with van der Waals surface area (Å²) < 4.78 is 35.1. The first kappa shape index (κ1) is 16.7. The van der Waals surface area contributed by atoms with E-state index in [9.17, 15) is 13.9 Å². The third-order valence-electron chi connectivity index (χ3n) is 4.20. The van der Waals surface area contributed by atoms with Crippen molar-refractivity contribution in [2.45, 2.75) is 31.7 Å². The molecule has 2 N–H and O–H groups in total. The van der Waals surface area contributed by atoms with E-state index < -0.39 is 12.7 Å². The number of methoxy groups -OCH3 is 1. The number of para-hydroxylation sites is 1. The summed E-state index contributed by atoms with van der Waals surface area (Å²) in [6.07, 6.45) is 0.0271. The topological polar surface area (TPSA) is 50.7 Å². The summed E-state index contributed by atoms with van der Waals surface area (Å²) in [6.45, 7) is -2.66. The Balaban J connectivity index is 1.80. The van der Waals surface area contributed by atoms with Gasteiger partial charge in [0, 0.05) is 18.5 Å². The summed E-state index contributed by atoms with van der Waals surface area (Å²) in [7, 11) is 1.40. The average molecular weight is 335 g/mol. The number of ether oxygens (including phenoxy) is 2. The van der Waals surface area contributed by atoms with Gasteiger partial charge in [0.15, 0.2) is 11.5 Å². The molecule has 0 heterocycles. The summed E-state index contributed by atoms with van der Waals surface area (Å²) >= 11 is 0. The highest BCUT2D eigenvalue weighted by Gasteiger charge is 2.30. The van der Waals surface area contributed by atoms with Crippen LogP contribution in [0.5, 0.6) is 11.5 Å². The monoisotopic (exact) mass is 335 g/mol. The van der Waals surface area contributed by atoms with Crippen LogP contribution in [0, 0.1) is 0 Å². The van der Waals surface area contributed by atoms with Gasteiger partial charge in [-0.25, -0.2) is 0 Å². The summed E-state index contributed by atoms with van der Waals surface area (Å²) in [5.74, 6) is 0.269. The van der Waals surface area contributed by atoms with E-state index in [2.05, 4.69) is 10.1 Å². The second-order valence-corrected chi connectivity index (χ2v) is 5.66. The largest absolute Gasteiger partial charge is 0.493 e. The summed E-state index contributed by atoms with van der Waals surface area (Å²) in [4.78, 5) is 0. The number of nitrogens with one attached hydrogen (secondary N) is 1. The minimum Gasteiger partial charge on any atom is -0.493 e. The van der Waals surface area contributed by atoms with E-state index >= 15 is 0 Å². The Kier molecular flexibility index (Phi) is 4.97. The lowest BCUT2D eigenvalue weighted by molar-refractivity contribution is -0.0519. The van der Waals surface area contributed by atoms with Crippen molar-refractivity contribution in [1.82, 2.24) is 5.32 Å². The zero-order chi connectivity index (χ0) is 17.1. The Morgan fingerprint density at radius 2 is 2.00 bits per heavy atom. The van der Waals surface area contributed by atoms with Crippen LogP contribution >= 0.6 is 0 Å². The Hall–Kier alpha value is -2.18. The molecule has 0 spiro atoms. The molecule has 6 heteroatoms. The van der Waals surface area contributed by atoms with E-state index in [4.69, 9.17) is 4.74 Å². The summed E-state index contributed by atoms with van der Waals surface area (Å²) in [5.41, 5.74) is 2.67. The Labute approximate surface area is 139 Å². The van der Waals surface area contributed by atoms with Crippen LogP contribution in [0.1, 0.15) is 22.7 Å². The van der Waals surface area contributed by atoms with E-state index in [-0.39, 0.29) is 24.1 Å². The van der Waals surface area contributed by atoms with Gasteiger partial charge in [-0.1, -0.05) is 36.4 Å². The number of benzene rings is 2. The fourth-order valence-corrected chi connectivity index (χ4v) is 3.12. The second-order valence-electron chi connectivity index (χ2n) is 5.66. The predicted molar refractivity (Wildman–Crippen MR) is 85.4 cm³/mol. The SMILES string of the molecule is COc1cccc(CN[C@@H]2c3ccccc3C[C@@H]2O)c1OC(F)F. The molecule has 0 aromatic heterocycles. The molecule has 128 valence electrons. The van der Waals surface area contributed by atoms with Crippen molar-refractivity contribution in [3.63, 3.8) is 0 Å². The minimum absolute atomic E-state index is 0.0169.